The van der Waals surface area contributed by atoms with Crippen LogP contribution < -0.4 is 0 Å². The highest BCUT2D eigenvalue weighted by atomic mass is 35.5. The monoisotopic (exact) mass is 213 g/mol. The Labute approximate surface area is 85.3 Å². The van der Waals surface area contributed by atoms with Gasteiger partial charge < -0.3 is 10.0 Å². The van der Waals surface area contributed by atoms with Gasteiger partial charge in [0.05, 0.1) is 11.7 Å². The fourth-order valence-electron chi connectivity index (χ4n) is 1.23. The van der Waals surface area contributed by atoms with Gasteiger partial charge in [0, 0.05) is 25.5 Å². The van der Waals surface area contributed by atoms with Gasteiger partial charge in [-0.05, 0) is 11.6 Å². The van der Waals surface area contributed by atoms with Gasteiger partial charge >= 0.3 is 0 Å². The first-order valence-corrected chi connectivity index (χ1v) is 4.49. The number of hydrogen-bond donors (Lipinski definition) is 1. The highest BCUT2D eigenvalue weighted by molar-refractivity contribution is 6.28. The molecule has 0 spiro atoms. The minimum atomic E-state index is -0.396. The first-order valence-electron chi connectivity index (χ1n) is 4.11. The second-order valence-electron chi connectivity index (χ2n) is 3.10. The van der Waals surface area contributed by atoms with Gasteiger partial charge in [-0.25, -0.2) is 9.97 Å². The Hall–Kier alpha value is -1.20. The van der Waals surface area contributed by atoms with E-state index in [9.17, 15) is 4.79 Å². The minimum Gasteiger partial charge on any atom is -0.389 e. The summed E-state index contributed by atoms with van der Waals surface area (Å²) in [6.07, 6.45) is 2.36. The lowest BCUT2D eigenvalue weighted by molar-refractivity contribution is 0.00583. The summed E-state index contributed by atoms with van der Waals surface area (Å²) in [5.74, 6) is -0.174. The number of β-amino-alcohol motifs (C(OH)–C–C–N with tert-alkyl or cyclic N) is 1. The van der Waals surface area contributed by atoms with E-state index in [1.165, 1.54) is 17.3 Å². The molecule has 1 N–H and O–H groups in total. The fourth-order valence-corrected chi connectivity index (χ4v) is 1.32. The molecule has 74 valence electrons. The number of hydrogen-bond acceptors (Lipinski definition) is 4. The molecule has 1 fully saturated rings. The summed E-state index contributed by atoms with van der Waals surface area (Å²) in [6.45, 7) is 0.753. The Morgan fingerprint density at radius 3 is 2.57 bits per heavy atom. The molecule has 1 aromatic heterocycles. The number of rotatable bonds is 1. The standard InChI is InChI=1S/C8H8ClN3O2/c9-8-10-1-5(2-11-8)7(14)12-3-6(13)4-12/h1-2,6,13H,3-4H2. The van der Waals surface area contributed by atoms with Crippen molar-refractivity contribution in [3.63, 3.8) is 0 Å². The minimum absolute atomic E-state index is 0.116. The molecule has 0 aromatic carbocycles. The summed E-state index contributed by atoms with van der Waals surface area (Å²) in [5, 5.41) is 9.13. The summed E-state index contributed by atoms with van der Waals surface area (Å²) in [5.41, 5.74) is 0.390. The summed E-state index contributed by atoms with van der Waals surface area (Å²) < 4.78 is 0. The SMILES string of the molecule is O=C(c1cnc(Cl)nc1)N1CC(O)C1. The topological polar surface area (TPSA) is 66.3 Å². The van der Waals surface area contributed by atoms with Crippen molar-refractivity contribution in [2.75, 3.05) is 13.1 Å². The van der Waals surface area contributed by atoms with Gasteiger partial charge in [0.2, 0.25) is 5.28 Å². The molecule has 0 unspecified atom stereocenters. The quantitative estimate of drug-likeness (QED) is 0.664. The molecule has 0 radical (unpaired) electrons. The number of carbonyl (C=O) groups excluding carboxylic acids is 1. The number of likely N-dealkylation sites (tertiary alicyclic amines) is 1. The molecule has 0 atom stereocenters. The molecule has 1 amide bonds. The Morgan fingerprint density at radius 1 is 1.50 bits per heavy atom. The van der Waals surface area contributed by atoms with Crippen molar-refractivity contribution in [1.29, 1.82) is 0 Å². The van der Waals surface area contributed by atoms with Gasteiger partial charge in [-0.2, -0.15) is 0 Å². The van der Waals surface area contributed by atoms with E-state index in [1.54, 1.807) is 0 Å². The van der Waals surface area contributed by atoms with E-state index >= 15 is 0 Å². The zero-order valence-electron chi connectivity index (χ0n) is 7.22. The third-order valence-corrected chi connectivity index (χ3v) is 2.21. The molecule has 5 nitrogen and oxygen atoms in total. The lowest BCUT2D eigenvalue weighted by Gasteiger charge is -2.35. The first kappa shape index (κ1) is 9.36. The van der Waals surface area contributed by atoms with Crippen molar-refractivity contribution in [2.45, 2.75) is 6.10 Å². The third-order valence-electron chi connectivity index (χ3n) is 2.02. The van der Waals surface area contributed by atoms with Crippen LogP contribution in [0.1, 0.15) is 10.4 Å². The maximum absolute atomic E-state index is 11.6. The van der Waals surface area contributed by atoms with Crippen molar-refractivity contribution in [2.24, 2.45) is 0 Å². The second kappa shape index (κ2) is 3.51. The molecule has 1 saturated heterocycles. The number of aromatic nitrogens is 2. The van der Waals surface area contributed by atoms with E-state index in [2.05, 4.69) is 9.97 Å². The summed E-state index contributed by atoms with van der Waals surface area (Å²) in [7, 11) is 0. The Balaban J connectivity index is 2.08. The lowest BCUT2D eigenvalue weighted by atomic mass is 10.1. The fraction of sp³-hybridized carbons (Fsp3) is 0.375. The van der Waals surface area contributed by atoms with E-state index in [0.717, 1.165) is 0 Å². The Kier molecular flexibility index (Phi) is 2.35. The number of halogens is 1. The lowest BCUT2D eigenvalue weighted by Crippen LogP contribution is -2.53. The zero-order chi connectivity index (χ0) is 10.1. The van der Waals surface area contributed by atoms with Gasteiger partial charge in [-0.15, -0.1) is 0 Å². The third kappa shape index (κ3) is 1.69. The van der Waals surface area contributed by atoms with Crippen molar-refractivity contribution in [3.05, 3.63) is 23.2 Å². The van der Waals surface area contributed by atoms with Crippen LogP contribution in [-0.4, -0.2) is 45.1 Å². The van der Waals surface area contributed by atoms with Crippen LogP contribution in [-0.2, 0) is 0 Å². The summed E-state index contributed by atoms with van der Waals surface area (Å²) in [6, 6.07) is 0. The van der Waals surface area contributed by atoms with Gasteiger partial charge in [-0.3, -0.25) is 4.79 Å². The molecule has 2 rings (SSSR count). The van der Waals surface area contributed by atoms with E-state index in [4.69, 9.17) is 16.7 Å². The van der Waals surface area contributed by atoms with Crippen LogP contribution in [0.25, 0.3) is 0 Å². The van der Waals surface area contributed by atoms with Crippen LogP contribution in [0.15, 0.2) is 12.4 Å². The maximum atomic E-state index is 11.6. The highest BCUT2D eigenvalue weighted by Crippen LogP contribution is 2.12. The number of carbonyl (C=O) groups is 1. The number of nitrogens with zero attached hydrogens (tertiary/aromatic N) is 3. The van der Waals surface area contributed by atoms with Gasteiger partial charge in [0.15, 0.2) is 0 Å². The molecule has 0 bridgehead atoms. The normalized spacial score (nSPS) is 16.6. The average molecular weight is 214 g/mol. The molecule has 1 aromatic rings. The highest BCUT2D eigenvalue weighted by Gasteiger charge is 2.29. The number of amides is 1. The van der Waals surface area contributed by atoms with E-state index in [0.29, 0.717) is 18.7 Å². The first-order chi connectivity index (χ1) is 6.66. The van der Waals surface area contributed by atoms with E-state index in [1.807, 2.05) is 0 Å². The number of aliphatic hydroxyl groups is 1. The molecule has 0 aliphatic carbocycles. The van der Waals surface area contributed by atoms with Crippen LogP contribution >= 0.6 is 11.6 Å². The summed E-state index contributed by atoms with van der Waals surface area (Å²) >= 11 is 5.48. The molecule has 1 aliphatic rings. The average Bonchev–Trinajstić information content (AvgIpc) is 2.13. The van der Waals surface area contributed by atoms with Crippen molar-refractivity contribution < 1.29 is 9.90 Å². The van der Waals surface area contributed by atoms with Crippen LogP contribution in [0.5, 0.6) is 0 Å². The van der Waals surface area contributed by atoms with Gasteiger partial charge in [0.1, 0.15) is 0 Å². The Bertz CT molecular complexity index is 348. The molecule has 2 heterocycles. The Morgan fingerprint density at radius 2 is 2.07 bits per heavy atom. The predicted molar refractivity (Wildman–Crippen MR) is 49.0 cm³/mol. The molecule has 0 saturated carbocycles. The molecular weight excluding hydrogens is 206 g/mol. The van der Waals surface area contributed by atoms with Crippen LogP contribution in [0.2, 0.25) is 5.28 Å². The zero-order valence-corrected chi connectivity index (χ0v) is 7.98. The predicted octanol–water partition coefficient (Wildman–Crippen LogP) is -0.0533. The molecule has 14 heavy (non-hydrogen) atoms. The van der Waals surface area contributed by atoms with E-state index < -0.39 is 6.10 Å². The summed E-state index contributed by atoms with van der Waals surface area (Å²) in [4.78, 5) is 20.5. The maximum Gasteiger partial charge on any atom is 0.257 e. The van der Waals surface area contributed by atoms with Crippen LogP contribution in [0.4, 0.5) is 0 Å². The molecule has 6 heteroatoms. The second-order valence-corrected chi connectivity index (χ2v) is 3.44. The molecule has 1 aliphatic heterocycles. The van der Waals surface area contributed by atoms with Gasteiger partial charge in [0.25, 0.3) is 5.91 Å². The smallest absolute Gasteiger partial charge is 0.257 e. The largest absolute Gasteiger partial charge is 0.389 e. The van der Waals surface area contributed by atoms with E-state index in [-0.39, 0.29) is 11.2 Å². The van der Waals surface area contributed by atoms with Gasteiger partial charge in [-0.1, -0.05) is 0 Å². The van der Waals surface area contributed by atoms with Crippen molar-refractivity contribution in [3.8, 4) is 0 Å². The van der Waals surface area contributed by atoms with Crippen LogP contribution in [0.3, 0.4) is 0 Å². The van der Waals surface area contributed by atoms with Crippen molar-refractivity contribution >= 4 is 17.5 Å². The van der Waals surface area contributed by atoms with Crippen LogP contribution in [0, 0.1) is 0 Å². The van der Waals surface area contributed by atoms with Crippen molar-refractivity contribution in [1.82, 2.24) is 14.9 Å². The molecular formula is C8H8ClN3O2. The number of aliphatic hydroxyl groups excluding tert-OH is 1.